The van der Waals surface area contributed by atoms with Crippen LogP contribution in [-0.2, 0) is 16.1 Å². The van der Waals surface area contributed by atoms with Gasteiger partial charge in [0.25, 0.3) is 5.91 Å². The Bertz CT molecular complexity index is 301. The van der Waals surface area contributed by atoms with E-state index in [2.05, 4.69) is 5.32 Å². The number of amides is 1. The molecule has 15 heavy (non-hydrogen) atoms. The Morgan fingerprint density at radius 3 is 2.67 bits per heavy atom. The number of hydrogen-bond donors (Lipinski definition) is 2. The summed E-state index contributed by atoms with van der Waals surface area (Å²) in [5.74, 6) is -0.493. The van der Waals surface area contributed by atoms with Gasteiger partial charge in [-0.2, -0.15) is 0 Å². The third-order valence-corrected chi connectivity index (χ3v) is 1.93. The van der Waals surface area contributed by atoms with E-state index in [0.29, 0.717) is 13.2 Å². The quantitative estimate of drug-likeness (QED) is 0.674. The number of carbonyl (C=O) groups is 1. The number of ether oxygens (including phenoxy) is 1. The van der Waals surface area contributed by atoms with Gasteiger partial charge in [-0.1, -0.05) is 30.3 Å². The number of rotatable bonds is 6. The molecule has 0 bridgehead atoms. The Morgan fingerprint density at radius 2 is 2.13 bits per heavy atom. The van der Waals surface area contributed by atoms with E-state index >= 15 is 0 Å². The smallest absolute Gasteiger partial charge is 0.261 e. The lowest BCUT2D eigenvalue weighted by atomic mass is 10.2. The molecule has 82 valence electrons. The van der Waals surface area contributed by atoms with Crippen LogP contribution in [0.15, 0.2) is 30.3 Å². The molecule has 0 fully saturated rings. The van der Waals surface area contributed by atoms with E-state index in [0.717, 1.165) is 5.56 Å². The number of nitrogens with two attached hydrogens (primary N) is 1. The Hall–Kier alpha value is -1.39. The first kappa shape index (κ1) is 11.7. The van der Waals surface area contributed by atoms with Crippen molar-refractivity contribution < 1.29 is 9.53 Å². The van der Waals surface area contributed by atoms with Gasteiger partial charge in [-0.15, -0.1) is 0 Å². The Kier molecular flexibility index (Phi) is 4.80. The lowest BCUT2D eigenvalue weighted by Crippen LogP contribution is -2.42. The van der Waals surface area contributed by atoms with Gasteiger partial charge >= 0.3 is 0 Å². The number of nitrogens with one attached hydrogen (secondary N) is 1. The second-order valence-electron chi connectivity index (χ2n) is 3.10. The fourth-order valence-electron chi connectivity index (χ4n) is 1.21. The summed E-state index contributed by atoms with van der Waals surface area (Å²) in [4.78, 5) is 10.9. The molecule has 0 radical (unpaired) electrons. The fraction of sp³-hybridized carbons (Fsp3) is 0.364. The summed E-state index contributed by atoms with van der Waals surface area (Å²) in [7, 11) is 0. The Morgan fingerprint density at radius 1 is 1.47 bits per heavy atom. The van der Waals surface area contributed by atoms with Crippen molar-refractivity contribution in [1.29, 1.82) is 0 Å². The highest BCUT2D eigenvalue weighted by molar-refractivity contribution is 5.78. The van der Waals surface area contributed by atoms with Crippen LogP contribution in [-0.4, -0.2) is 18.7 Å². The minimum Gasteiger partial charge on any atom is -0.366 e. The highest BCUT2D eigenvalue weighted by Crippen LogP contribution is 1.98. The van der Waals surface area contributed by atoms with Gasteiger partial charge in [0.2, 0.25) is 0 Å². The second kappa shape index (κ2) is 6.16. The zero-order valence-corrected chi connectivity index (χ0v) is 8.77. The Balaban J connectivity index is 2.43. The van der Waals surface area contributed by atoms with Crippen LogP contribution in [0.1, 0.15) is 12.5 Å². The van der Waals surface area contributed by atoms with Crippen LogP contribution < -0.4 is 11.1 Å². The number of hydrogen-bond acceptors (Lipinski definition) is 3. The first-order chi connectivity index (χ1) is 7.24. The van der Waals surface area contributed by atoms with E-state index in [1.165, 1.54) is 0 Å². The maximum atomic E-state index is 10.9. The maximum absolute atomic E-state index is 10.9. The van der Waals surface area contributed by atoms with Crippen LogP contribution >= 0.6 is 0 Å². The molecule has 1 aromatic carbocycles. The molecule has 0 aromatic heterocycles. The van der Waals surface area contributed by atoms with Crippen molar-refractivity contribution in [2.75, 3.05) is 6.61 Å². The fourth-order valence-corrected chi connectivity index (χ4v) is 1.21. The zero-order chi connectivity index (χ0) is 11.1. The monoisotopic (exact) mass is 208 g/mol. The van der Waals surface area contributed by atoms with Gasteiger partial charge in [0.05, 0.1) is 0 Å². The van der Waals surface area contributed by atoms with E-state index in [4.69, 9.17) is 10.5 Å². The van der Waals surface area contributed by atoms with Gasteiger partial charge in [0.1, 0.15) is 0 Å². The van der Waals surface area contributed by atoms with E-state index in [1.807, 2.05) is 37.3 Å². The van der Waals surface area contributed by atoms with Crippen LogP contribution in [0, 0.1) is 0 Å². The Labute approximate surface area is 89.4 Å². The normalized spacial score (nSPS) is 12.3. The molecule has 0 saturated heterocycles. The largest absolute Gasteiger partial charge is 0.366 e. The molecule has 3 N–H and O–H groups in total. The minimum absolute atomic E-state index is 0.454. The number of carbonyl (C=O) groups excluding carboxylic acids is 1. The molecule has 1 unspecified atom stereocenters. The first-order valence-electron chi connectivity index (χ1n) is 4.92. The second-order valence-corrected chi connectivity index (χ2v) is 3.10. The van der Waals surface area contributed by atoms with Gasteiger partial charge in [0, 0.05) is 13.2 Å². The average Bonchev–Trinajstić information content (AvgIpc) is 2.25. The molecule has 4 nitrogen and oxygen atoms in total. The summed E-state index contributed by atoms with van der Waals surface area (Å²) < 4.78 is 5.14. The van der Waals surface area contributed by atoms with Crippen LogP contribution in [0.2, 0.25) is 0 Å². The molecule has 0 aliphatic carbocycles. The lowest BCUT2D eigenvalue weighted by Gasteiger charge is -2.14. The summed E-state index contributed by atoms with van der Waals surface area (Å²) in [6.45, 7) is 2.84. The summed E-state index contributed by atoms with van der Waals surface area (Å²) in [5, 5.41) is 2.94. The lowest BCUT2D eigenvalue weighted by molar-refractivity contribution is -0.131. The highest BCUT2D eigenvalue weighted by Gasteiger charge is 2.13. The third kappa shape index (κ3) is 4.10. The molecule has 1 atom stereocenters. The summed E-state index contributed by atoms with van der Waals surface area (Å²) in [6, 6.07) is 9.76. The van der Waals surface area contributed by atoms with Crippen molar-refractivity contribution >= 4 is 5.91 Å². The van der Waals surface area contributed by atoms with Gasteiger partial charge in [0.15, 0.2) is 6.23 Å². The van der Waals surface area contributed by atoms with Crippen molar-refractivity contribution in [3.05, 3.63) is 35.9 Å². The van der Waals surface area contributed by atoms with Gasteiger partial charge in [-0.3, -0.25) is 10.1 Å². The van der Waals surface area contributed by atoms with E-state index in [9.17, 15) is 4.79 Å². The van der Waals surface area contributed by atoms with Gasteiger partial charge in [-0.05, 0) is 12.5 Å². The molecular weight excluding hydrogens is 192 g/mol. The van der Waals surface area contributed by atoms with Crippen LogP contribution in [0.25, 0.3) is 0 Å². The van der Waals surface area contributed by atoms with Crippen molar-refractivity contribution in [2.24, 2.45) is 5.73 Å². The van der Waals surface area contributed by atoms with E-state index in [-0.39, 0.29) is 0 Å². The number of benzene rings is 1. The van der Waals surface area contributed by atoms with Crippen molar-refractivity contribution in [2.45, 2.75) is 19.7 Å². The van der Waals surface area contributed by atoms with Crippen molar-refractivity contribution in [3.63, 3.8) is 0 Å². The van der Waals surface area contributed by atoms with E-state index < -0.39 is 12.1 Å². The standard InChI is InChI=1S/C11H16N2O2/c1-2-15-11(10(12)14)13-8-9-6-4-3-5-7-9/h3-7,11,13H,2,8H2,1H3,(H2,12,14). The van der Waals surface area contributed by atoms with Crippen molar-refractivity contribution in [1.82, 2.24) is 5.32 Å². The summed E-state index contributed by atoms with van der Waals surface area (Å²) >= 11 is 0. The van der Waals surface area contributed by atoms with Gasteiger partial charge < -0.3 is 10.5 Å². The molecule has 1 aromatic rings. The summed E-state index contributed by atoms with van der Waals surface area (Å²) in [5.41, 5.74) is 6.25. The highest BCUT2D eigenvalue weighted by atomic mass is 16.5. The SMILES string of the molecule is CCOC(NCc1ccccc1)C(N)=O. The minimum atomic E-state index is -0.713. The summed E-state index contributed by atoms with van der Waals surface area (Å²) in [6.07, 6.45) is -0.713. The molecule has 0 aliphatic rings. The van der Waals surface area contributed by atoms with Crippen LogP contribution in [0.3, 0.4) is 0 Å². The maximum Gasteiger partial charge on any atom is 0.261 e. The van der Waals surface area contributed by atoms with Crippen LogP contribution in [0.5, 0.6) is 0 Å². The molecule has 0 spiro atoms. The predicted octanol–water partition coefficient (Wildman–Crippen LogP) is 0.624. The topological polar surface area (TPSA) is 64.3 Å². The van der Waals surface area contributed by atoms with Gasteiger partial charge in [-0.25, -0.2) is 0 Å². The van der Waals surface area contributed by atoms with Crippen LogP contribution in [0.4, 0.5) is 0 Å². The van der Waals surface area contributed by atoms with Crippen molar-refractivity contribution in [3.8, 4) is 0 Å². The molecule has 4 heteroatoms. The molecule has 0 saturated carbocycles. The first-order valence-corrected chi connectivity index (χ1v) is 4.92. The molecule has 0 heterocycles. The average molecular weight is 208 g/mol. The van der Waals surface area contributed by atoms with E-state index in [1.54, 1.807) is 0 Å². The zero-order valence-electron chi connectivity index (χ0n) is 8.77. The molecule has 0 aliphatic heterocycles. The third-order valence-electron chi connectivity index (χ3n) is 1.93. The molecule has 1 amide bonds. The molecule has 1 rings (SSSR count). The predicted molar refractivity (Wildman–Crippen MR) is 57.9 cm³/mol. The number of primary amides is 1. The molecular formula is C11H16N2O2.